The highest BCUT2D eigenvalue weighted by Gasteiger charge is 2.16. The first-order chi connectivity index (χ1) is 16.3. The highest BCUT2D eigenvalue weighted by Crippen LogP contribution is 2.25. The molecule has 0 saturated carbocycles. The molecule has 3 aromatic rings. The smallest absolute Gasteiger partial charge is 0.343 e. The van der Waals surface area contributed by atoms with E-state index < -0.39 is 16.8 Å². The van der Waals surface area contributed by atoms with E-state index >= 15 is 0 Å². The van der Waals surface area contributed by atoms with Crippen LogP contribution < -0.4 is 14.8 Å². The molecule has 0 aliphatic carbocycles. The van der Waals surface area contributed by atoms with E-state index in [4.69, 9.17) is 9.47 Å². The Morgan fingerprint density at radius 1 is 1.09 bits per heavy atom. The second kappa shape index (κ2) is 10.6. The number of aryl methyl sites for hydroxylation is 1. The molecule has 1 amide bonds. The number of carbonyl (C=O) groups is 2. The molecule has 0 bridgehead atoms. The molecule has 3 aromatic carbocycles. The Morgan fingerprint density at radius 2 is 1.79 bits per heavy atom. The van der Waals surface area contributed by atoms with Crippen LogP contribution in [-0.4, -0.2) is 23.9 Å². The van der Waals surface area contributed by atoms with Crippen molar-refractivity contribution >= 4 is 29.3 Å². The van der Waals surface area contributed by atoms with Gasteiger partial charge in [-0.05, 0) is 48.9 Å². The Bertz CT molecular complexity index is 1320. The molecule has 0 aliphatic heterocycles. The highest BCUT2D eigenvalue weighted by molar-refractivity contribution is 6.10. The van der Waals surface area contributed by atoms with Crippen molar-refractivity contribution in [3.05, 3.63) is 99.1 Å². The molecule has 1 N–H and O–H groups in total. The van der Waals surface area contributed by atoms with Crippen LogP contribution in [0.3, 0.4) is 0 Å². The van der Waals surface area contributed by atoms with Crippen LogP contribution in [0.2, 0.25) is 0 Å². The van der Waals surface area contributed by atoms with Crippen LogP contribution in [-0.2, 0) is 4.79 Å². The summed E-state index contributed by atoms with van der Waals surface area (Å²) in [5, 5.41) is 23.1. The summed E-state index contributed by atoms with van der Waals surface area (Å²) < 4.78 is 10.5. The second-order valence-electron chi connectivity index (χ2n) is 7.04. The molecule has 0 atom stereocenters. The van der Waals surface area contributed by atoms with Gasteiger partial charge in [0.05, 0.1) is 23.3 Å². The molecule has 0 aliphatic rings. The standard InChI is InChI=1S/C25H19N3O6/c1-16-7-10-20(28(31)32)14-22(16)27-24(29)19(15-26)13-18-5-3-4-6-23(18)34-25(30)17-8-11-21(33-2)12-9-17/h3-14H,1-2H3,(H,27,29)/b19-13+. The van der Waals surface area contributed by atoms with E-state index in [1.807, 2.05) is 6.07 Å². The lowest BCUT2D eigenvalue weighted by Gasteiger charge is -2.10. The zero-order valence-electron chi connectivity index (χ0n) is 18.3. The van der Waals surface area contributed by atoms with Crippen molar-refractivity contribution < 1.29 is 24.0 Å². The fraction of sp³-hybridized carbons (Fsp3) is 0.0800. The van der Waals surface area contributed by atoms with E-state index in [1.165, 1.54) is 37.5 Å². The van der Waals surface area contributed by atoms with Gasteiger partial charge in [0.1, 0.15) is 23.1 Å². The van der Waals surface area contributed by atoms with Gasteiger partial charge in [-0.2, -0.15) is 5.26 Å². The number of nitro groups is 1. The lowest BCUT2D eigenvalue weighted by Crippen LogP contribution is -2.14. The van der Waals surface area contributed by atoms with E-state index in [1.54, 1.807) is 49.4 Å². The number of carbonyl (C=O) groups excluding carboxylic acids is 2. The molecule has 0 unspecified atom stereocenters. The van der Waals surface area contributed by atoms with Gasteiger partial charge in [0, 0.05) is 17.7 Å². The van der Waals surface area contributed by atoms with Gasteiger partial charge in [-0.25, -0.2) is 4.79 Å². The fourth-order valence-corrected chi connectivity index (χ4v) is 2.93. The van der Waals surface area contributed by atoms with Gasteiger partial charge in [-0.1, -0.05) is 24.3 Å². The van der Waals surface area contributed by atoms with Crippen molar-refractivity contribution in [3.8, 4) is 17.6 Å². The summed E-state index contributed by atoms with van der Waals surface area (Å²) >= 11 is 0. The molecule has 0 spiro atoms. The van der Waals surface area contributed by atoms with E-state index in [2.05, 4.69) is 5.32 Å². The predicted molar refractivity (Wildman–Crippen MR) is 124 cm³/mol. The van der Waals surface area contributed by atoms with Gasteiger partial charge in [0.25, 0.3) is 11.6 Å². The summed E-state index contributed by atoms with van der Waals surface area (Å²) in [4.78, 5) is 35.7. The monoisotopic (exact) mass is 457 g/mol. The number of nitro benzene ring substituents is 1. The summed E-state index contributed by atoms with van der Waals surface area (Å²) in [5.41, 5.74) is 0.938. The molecule has 0 aromatic heterocycles. The molecular formula is C25H19N3O6. The Labute approximate surface area is 195 Å². The number of methoxy groups -OCH3 is 1. The molecular weight excluding hydrogens is 438 g/mol. The quantitative estimate of drug-likeness (QED) is 0.136. The minimum absolute atomic E-state index is 0.149. The maximum absolute atomic E-state index is 12.7. The summed E-state index contributed by atoms with van der Waals surface area (Å²) in [6.45, 7) is 1.67. The Kier molecular flexibility index (Phi) is 7.36. The Hall–Kier alpha value is -4.97. The van der Waals surface area contributed by atoms with Crippen LogP contribution in [0.4, 0.5) is 11.4 Å². The zero-order valence-corrected chi connectivity index (χ0v) is 18.3. The van der Waals surface area contributed by atoms with Crippen LogP contribution in [0.15, 0.2) is 72.3 Å². The van der Waals surface area contributed by atoms with Gasteiger partial charge in [-0.15, -0.1) is 0 Å². The zero-order chi connectivity index (χ0) is 24.7. The lowest BCUT2D eigenvalue weighted by molar-refractivity contribution is -0.384. The van der Waals surface area contributed by atoms with E-state index in [-0.39, 0.29) is 22.7 Å². The van der Waals surface area contributed by atoms with Crippen LogP contribution in [0, 0.1) is 28.4 Å². The number of non-ortho nitro benzene ring substituents is 1. The summed E-state index contributed by atoms with van der Waals surface area (Å²) in [6.07, 6.45) is 1.28. The number of anilines is 1. The maximum Gasteiger partial charge on any atom is 0.343 e. The third-order valence-electron chi connectivity index (χ3n) is 4.79. The summed E-state index contributed by atoms with van der Waals surface area (Å²) in [7, 11) is 1.51. The maximum atomic E-state index is 12.7. The lowest BCUT2D eigenvalue weighted by atomic mass is 10.1. The van der Waals surface area contributed by atoms with Crippen molar-refractivity contribution in [2.24, 2.45) is 0 Å². The third-order valence-corrected chi connectivity index (χ3v) is 4.79. The number of benzene rings is 3. The van der Waals surface area contributed by atoms with Crippen LogP contribution in [0.1, 0.15) is 21.5 Å². The SMILES string of the molecule is COc1ccc(C(=O)Oc2ccccc2/C=C(\C#N)C(=O)Nc2cc([N+](=O)[O-])ccc2C)cc1. The average molecular weight is 457 g/mol. The van der Waals surface area contributed by atoms with Crippen molar-refractivity contribution in [3.63, 3.8) is 0 Å². The average Bonchev–Trinajstić information content (AvgIpc) is 2.84. The van der Waals surface area contributed by atoms with Crippen molar-refractivity contribution in [2.45, 2.75) is 6.92 Å². The van der Waals surface area contributed by atoms with Crippen molar-refractivity contribution in [1.82, 2.24) is 0 Å². The first-order valence-corrected chi connectivity index (χ1v) is 9.96. The summed E-state index contributed by atoms with van der Waals surface area (Å²) in [5.74, 6) is -0.653. The van der Waals surface area contributed by atoms with Gasteiger partial charge < -0.3 is 14.8 Å². The van der Waals surface area contributed by atoms with Gasteiger partial charge in [0.15, 0.2) is 0 Å². The number of rotatable bonds is 7. The number of esters is 1. The minimum atomic E-state index is -0.762. The van der Waals surface area contributed by atoms with Gasteiger partial charge in [-0.3, -0.25) is 14.9 Å². The number of amides is 1. The summed E-state index contributed by atoms with van der Waals surface area (Å²) in [6, 6.07) is 18.6. The first-order valence-electron chi connectivity index (χ1n) is 9.96. The molecule has 0 saturated heterocycles. The van der Waals surface area contributed by atoms with Gasteiger partial charge >= 0.3 is 5.97 Å². The number of hydrogen-bond donors (Lipinski definition) is 1. The fourth-order valence-electron chi connectivity index (χ4n) is 2.93. The van der Waals surface area contributed by atoms with E-state index in [0.717, 1.165) is 0 Å². The molecule has 0 radical (unpaired) electrons. The molecule has 0 fully saturated rings. The van der Waals surface area contributed by atoms with Gasteiger partial charge in [0.2, 0.25) is 0 Å². The minimum Gasteiger partial charge on any atom is -0.497 e. The number of hydrogen-bond acceptors (Lipinski definition) is 7. The van der Waals surface area contributed by atoms with Crippen LogP contribution in [0.25, 0.3) is 6.08 Å². The topological polar surface area (TPSA) is 132 Å². The normalized spacial score (nSPS) is 10.7. The molecule has 34 heavy (non-hydrogen) atoms. The number of nitriles is 1. The highest BCUT2D eigenvalue weighted by atomic mass is 16.6. The third kappa shape index (κ3) is 5.63. The number of nitrogens with zero attached hydrogens (tertiary/aromatic N) is 2. The number of ether oxygens (including phenoxy) is 2. The van der Waals surface area contributed by atoms with Crippen LogP contribution in [0.5, 0.6) is 11.5 Å². The van der Waals surface area contributed by atoms with E-state index in [0.29, 0.717) is 22.4 Å². The molecule has 9 heteroatoms. The van der Waals surface area contributed by atoms with E-state index in [9.17, 15) is 25.0 Å². The molecule has 3 rings (SSSR count). The Morgan fingerprint density at radius 3 is 2.44 bits per heavy atom. The Balaban J connectivity index is 1.84. The predicted octanol–water partition coefficient (Wildman–Crippen LogP) is 4.68. The molecule has 0 heterocycles. The first kappa shape index (κ1) is 23.7. The molecule has 170 valence electrons. The number of nitrogens with one attached hydrogen (secondary N) is 1. The largest absolute Gasteiger partial charge is 0.497 e. The second-order valence-corrected chi connectivity index (χ2v) is 7.04. The van der Waals surface area contributed by atoms with Crippen LogP contribution >= 0.6 is 0 Å². The van der Waals surface area contributed by atoms with Crippen molar-refractivity contribution in [2.75, 3.05) is 12.4 Å². The number of para-hydroxylation sites is 1. The van der Waals surface area contributed by atoms with Crippen molar-refractivity contribution in [1.29, 1.82) is 5.26 Å². The molecule has 9 nitrogen and oxygen atoms in total.